The Balaban J connectivity index is 1.58. The first-order valence-corrected chi connectivity index (χ1v) is 13.9. The minimum absolute atomic E-state index is 0.0820. The van der Waals surface area contributed by atoms with Gasteiger partial charge in [-0.1, -0.05) is 35.3 Å². The van der Waals surface area contributed by atoms with Crippen molar-refractivity contribution in [1.29, 1.82) is 0 Å². The van der Waals surface area contributed by atoms with Gasteiger partial charge < -0.3 is 14.8 Å². The molecule has 1 aliphatic rings. The molecule has 0 amide bonds. The van der Waals surface area contributed by atoms with Crippen molar-refractivity contribution < 1.29 is 27.4 Å². The molecule has 2 heterocycles. The second-order valence-electron chi connectivity index (χ2n) is 9.69. The van der Waals surface area contributed by atoms with Crippen molar-refractivity contribution in [3.05, 3.63) is 99.1 Å². The zero-order valence-corrected chi connectivity index (χ0v) is 22.5. The number of fused-ring (bicyclic) bond motifs is 1. The summed E-state index contributed by atoms with van der Waals surface area (Å²) in [5.41, 5.74) is -1.58. The Morgan fingerprint density at radius 1 is 1.05 bits per heavy atom. The van der Waals surface area contributed by atoms with E-state index in [1.807, 2.05) is 0 Å². The van der Waals surface area contributed by atoms with Crippen LogP contribution in [0.5, 0.6) is 0 Å². The maximum Gasteiger partial charge on any atom is 0.205 e. The second-order valence-corrected chi connectivity index (χ2v) is 12.6. The van der Waals surface area contributed by atoms with Crippen LogP contribution in [0, 0.1) is 11.6 Å². The third kappa shape index (κ3) is 4.74. The number of aromatic nitrogens is 2. The molecule has 0 saturated carbocycles. The van der Waals surface area contributed by atoms with Crippen LogP contribution in [0.1, 0.15) is 36.5 Å². The highest BCUT2D eigenvalue weighted by atomic mass is 35.5. The van der Waals surface area contributed by atoms with Crippen molar-refractivity contribution in [1.82, 2.24) is 9.55 Å². The molecule has 0 spiro atoms. The molecule has 1 aromatic heterocycles. The summed E-state index contributed by atoms with van der Waals surface area (Å²) in [4.78, 5) is 4.23. The Morgan fingerprint density at radius 2 is 1.76 bits per heavy atom. The molecule has 3 aromatic carbocycles. The number of sulfone groups is 1. The molecule has 0 saturated heterocycles. The van der Waals surface area contributed by atoms with Gasteiger partial charge in [-0.05, 0) is 66.9 Å². The minimum Gasteiger partial charge on any atom is -0.384 e. The fourth-order valence-corrected chi connectivity index (χ4v) is 6.39. The number of nitrogens with zero attached hydrogens (tertiary/aromatic N) is 2. The van der Waals surface area contributed by atoms with Crippen LogP contribution in [0.25, 0.3) is 16.8 Å². The molecule has 6 nitrogen and oxygen atoms in total. The highest BCUT2D eigenvalue weighted by Crippen LogP contribution is 2.36. The van der Waals surface area contributed by atoms with Crippen molar-refractivity contribution in [2.45, 2.75) is 42.6 Å². The molecule has 0 aliphatic carbocycles. The average molecular weight is 579 g/mol. The fourth-order valence-electron chi connectivity index (χ4n) is 4.42. The summed E-state index contributed by atoms with van der Waals surface area (Å²) in [5.74, 6) is -1.07. The van der Waals surface area contributed by atoms with Gasteiger partial charge >= 0.3 is 0 Å². The lowest BCUT2D eigenvalue weighted by Gasteiger charge is -2.13. The van der Waals surface area contributed by atoms with Gasteiger partial charge in [-0.15, -0.1) is 0 Å². The highest BCUT2D eigenvalue weighted by molar-refractivity contribution is 7.92. The molecule has 1 atom stereocenters. The zero-order valence-electron chi connectivity index (χ0n) is 20.2. The smallest absolute Gasteiger partial charge is 0.205 e. The van der Waals surface area contributed by atoms with Gasteiger partial charge in [-0.3, -0.25) is 0 Å². The lowest BCUT2D eigenvalue weighted by atomic mass is 10.0. The number of benzene rings is 3. The maximum atomic E-state index is 15.6. The SMILES string of the molecule is CC(C)(O)c1cn(-c2ccc(-c3cc(F)c4c(c3)S(=O)(=O)C(O)C4)cc2F)c(Cc2ccc(Cl)cc2Cl)n1. The first kappa shape index (κ1) is 26.8. The van der Waals surface area contributed by atoms with Crippen molar-refractivity contribution >= 4 is 33.0 Å². The molecule has 0 radical (unpaired) electrons. The molecule has 1 aliphatic heterocycles. The van der Waals surface area contributed by atoms with Crippen LogP contribution >= 0.6 is 23.2 Å². The fraction of sp³-hybridized carbons (Fsp3) is 0.222. The van der Waals surface area contributed by atoms with Gasteiger partial charge in [0.15, 0.2) is 5.44 Å². The number of halogens is 4. The van der Waals surface area contributed by atoms with E-state index in [4.69, 9.17) is 23.2 Å². The first-order valence-electron chi connectivity index (χ1n) is 11.6. The van der Waals surface area contributed by atoms with E-state index < -0.39 is 32.5 Å². The Hall–Kier alpha value is -2.82. The zero-order chi connectivity index (χ0) is 27.6. The molecular formula is C27H22Cl2F2N2O4S. The number of aliphatic hydroxyl groups excluding tert-OH is 1. The Kier molecular flexibility index (Phi) is 6.64. The molecule has 0 bridgehead atoms. The summed E-state index contributed by atoms with van der Waals surface area (Å²) in [6.07, 6.45) is 1.41. The molecule has 5 rings (SSSR count). The van der Waals surface area contributed by atoms with Crippen molar-refractivity contribution in [3.8, 4) is 16.8 Å². The summed E-state index contributed by atoms with van der Waals surface area (Å²) >= 11 is 12.3. The maximum absolute atomic E-state index is 15.6. The van der Waals surface area contributed by atoms with Gasteiger partial charge in [0.05, 0.1) is 16.3 Å². The van der Waals surface area contributed by atoms with Gasteiger partial charge in [-0.2, -0.15) is 0 Å². The summed E-state index contributed by atoms with van der Waals surface area (Å²) in [7, 11) is -4.08. The first-order chi connectivity index (χ1) is 17.8. The van der Waals surface area contributed by atoms with E-state index in [2.05, 4.69) is 4.98 Å². The Labute approximate surface area is 228 Å². The van der Waals surface area contributed by atoms with E-state index in [-0.39, 0.29) is 40.1 Å². The highest BCUT2D eigenvalue weighted by Gasteiger charge is 2.38. The predicted octanol–water partition coefficient (Wildman–Crippen LogP) is 5.59. The van der Waals surface area contributed by atoms with Crippen LogP contribution < -0.4 is 0 Å². The van der Waals surface area contributed by atoms with E-state index in [1.165, 1.54) is 29.0 Å². The topological polar surface area (TPSA) is 92.4 Å². The molecule has 11 heteroatoms. The Bertz CT molecular complexity index is 1700. The van der Waals surface area contributed by atoms with Crippen LogP contribution in [-0.2, 0) is 28.3 Å². The summed E-state index contributed by atoms with van der Waals surface area (Å²) in [6, 6.07) is 11.5. The number of hydrogen-bond donors (Lipinski definition) is 2. The largest absolute Gasteiger partial charge is 0.384 e. The predicted molar refractivity (Wildman–Crippen MR) is 140 cm³/mol. The van der Waals surface area contributed by atoms with Crippen LogP contribution in [0.2, 0.25) is 10.0 Å². The van der Waals surface area contributed by atoms with Gasteiger partial charge in [0.1, 0.15) is 23.1 Å². The molecule has 198 valence electrons. The molecule has 38 heavy (non-hydrogen) atoms. The van der Waals surface area contributed by atoms with Gasteiger partial charge in [0.25, 0.3) is 0 Å². The monoisotopic (exact) mass is 578 g/mol. The summed E-state index contributed by atoms with van der Waals surface area (Å²) < 4.78 is 56.6. The average Bonchev–Trinajstić information content (AvgIpc) is 3.35. The van der Waals surface area contributed by atoms with Crippen LogP contribution in [0.15, 0.2) is 59.6 Å². The second kappa shape index (κ2) is 9.43. The molecule has 1 unspecified atom stereocenters. The lowest BCUT2D eigenvalue weighted by Crippen LogP contribution is -2.16. The van der Waals surface area contributed by atoms with Crippen LogP contribution in [-0.4, -0.2) is 33.6 Å². The van der Waals surface area contributed by atoms with E-state index in [0.29, 0.717) is 27.1 Å². The number of rotatable bonds is 5. The lowest BCUT2D eigenvalue weighted by molar-refractivity contribution is 0.0741. The minimum atomic E-state index is -4.08. The van der Waals surface area contributed by atoms with Gasteiger partial charge in [0, 0.05) is 34.6 Å². The standard InChI is InChI=1S/C27H22Cl2F2N2O4S/c1-27(2,35)24-13-33(25(32-24)10-15-3-5-17(28)11-19(15)29)22-6-4-14(7-21(22)31)16-8-20(30)18-12-26(34)38(36,37)23(18)9-16/h3-9,11,13,26,34-35H,10,12H2,1-2H3. The number of aliphatic hydroxyl groups is 2. The molecular weight excluding hydrogens is 557 g/mol. The third-order valence-electron chi connectivity index (χ3n) is 6.51. The van der Waals surface area contributed by atoms with Crippen LogP contribution in [0.4, 0.5) is 8.78 Å². The third-order valence-corrected chi connectivity index (χ3v) is 8.96. The molecule has 0 fully saturated rings. The van der Waals surface area contributed by atoms with Gasteiger partial charge in [0.2, 0.25) is 9.84 Å². The van der Waals surface area contributed by atoms with Crippen molar-refractivity contribution in [2.75, 3.05) is 0 Å². The summed E-state index contributed by atoms with van der Waals surface area (Å²) in [5, 5.41) is 21.3. The number of imidazole rings is 1. The van der Waals surface area contributed by atoms with Gasteiger partial charge in [-0.25, -0.2) is 22.2 Å². The van der Waals surface area contributed by atoms with E-state index >= 15 is 4.39 Å². The van der Waals surface area contributed by atoms with Crippen molar-refractivity contribution in [2.24, 2.45) is 0 Å². The summed E-state index contributed by atoms with van der Waals surface area (Å²) in [6.45, 7) is 3.12. The van der Waals surface area contributed by atoms with Crippen molar-refractivity contribution in [3.63, 3.8) is 0 Å². The molecule has 4 aromatic rings. The Morgan fingerprint density at radius 3 is 2.42 bits per heavy atom. The normalized spacial score (nSPS) is 16.6. The quantitative estimate of drug-likeness (QED) is 0.322. The van der Waals surface area contributed by atoms with Crippen LogP contribution in [0.3, 0.4) is 0 Å². The van der Waals surface area contributed by atoms with E-state index in [0.717, 1.165) is 12.1 Å². The van der Waals surface area contributed by atoms with E-state index in [9.17, 15) is 23.0 Å². The number of hydrogen-bond acceptors (Lipinski definition) is 5. The van der Waals surface area contributed by atoms with E-state index in [1.54, 1.807) is 32.0 Å². The molecule has 2 N–H and O–H groups in total.